The van der Waals surface area contributed by atoms with Crippen molar-refractivity contribution in [1.82, 2.24) is 10.6 Å². The molecule has 1 saturated carbocycles. The van der Waals surface area contributed by atoms with Gasteiger partial charge in [0, 0.05) is 0 Å². The van der Waals surface area contributed by atoms with Crippen molar-refractivity contribution in [2.24, 2.45) is 11.8 Å². The number of aliphatic hydroxyl groups is 1. The fourth-order valence-corrected chi connectivity index (χ4v) is 3.61. The third kappa shape index (κ3) is 3.69. The molecule has 0 aromatic carbocycles. The van der Waals surface area contributed by atoms with Crippen LogP contribution in [0.15, 0.2) is 0 Å². The van der Waals surface area contributed by atoms with Gasteiger partial charge in [-0.3, -0.25) is 4.79 Å². The van der Waals surface area contributed by atoms with Crippen molar-refractivity contribution in [3.8, 4) is 0 Å². The molecule has 1 saturated heterocycles. The van der Waals surface area contributed by atoms with Gasteiger partial charge in [-0.05, 0) is 44.1 Å². The minimum Gasteiger partial charge on any atom is -0.394 e. The van der Waals surface area contributed by atoms with E-state index < -0.39 is 0 Å². The summed E-state index contributed by atoms with van der Waals surface area (Å²) in [4.78, 5) is 12.4. The maximum absolute atomic E-state index is 12.4. The summed E-state index contributed by atoms with van der Waals surface area (Å²) in [5.41, 5.74) is -0.378. The van der Waals surface area contributed by atoms with E-state index in [9.17, 15) is 9.90 Å². The van der Waals surface area contributed by atoms with Crippen molar-refractivity contribution >= 4 is 5.91 Å². The topological polar surface area (TPSA) is 61.4 Å². The molecule has 0 aromatic heterocycles. The first-order valence-corrected chi connectivity index (χ1v) is 7.71. The zero-order valence-corrected chi connectivity index (χ0v) is 12.2. The minimum atomic E-state index is -0.378. The Balaban J connectivity index is 1.95. The van der Waals surface area contributed by atoms with E-state index in [1.165, 1.54) is 6.42 Å². The number of carbonyl (C=O) groups excluding carboxylic acids is 1. The predicted molar refractivity (Wildman–Crippen MR) is 75.8 cm³/mol. The molecule has 2 fully saturated rings. The van der Waals surface area contributed by atoms with Gasteiger partial charge in [0.05, 0.1) is 18.2 Å². The smallest absolute Gasteiger partial charge is 0.237 e. The Hall–Kier alpha value is -0.610. The highest BCUT2D eigenvalue weighted by atomic mass is 16.3. The number of hydrogen-bond donors (Lipinski definition) is 3. The molecule has 4 heteroatoms. The van der Waals surface area contributed by atoms with Crippen LogP contribution in [0.3, 0.4) is 0 Å². The van der Waals surface area contributed by atoms with Crippen molar-refractivity contribution in [1.29, 1.82) is 0 Å². The Morgan fingerprint density at radius 3 is 2.79 bits per heavy atom. The standard InChI is InChI=1S/C15H28N2O2/c1-11-5-7-16-13(8-11)14(19)17-15(10-18)6-3-4-12(2)9-15/h11-13,16,18H,3-10H2,1-2H3,(H,17,19). The van der Waals surface area contributed by atoms with Crippen LogP contribution < -0.4 is 10.6 Å². The molecule has 1 aliphatic carbocycles. The van der Waals surface area contributed by atoms with E-state index in [2.05, 4.69) is 24.5 Å². The van der Waals surface area contributed by atoms with Crippen molar-refractivity contribution in [3.05, 3.63) is 0 Å². The molecule has 3 N–H and O–H groups in total. The second-order valence-electron chi connectivity index (χ2n) is 6.77. The van der Waals surface area contributed by atoms with Crippen LogP contribution in [0, 0.1) is 11.8 Å². The van der Waals surface area contributed by atoms with E-state index in [1.807, 2.05) is 0 Å². The lowest BCUT2D eigenvalue weighted by molar-refractivity contribution is -0.127. The van der Waals surface area contributed by atoms with Crippen LogP contribution in [0.5, 0.6) is 0 Å². The number of piperidine rings is 1. The highest BCUT2D eigenvalue weighted by molar-refractivity contribution is 5.82. The van der Waals surface area contributed by atoms with Gasteiger partial charge in [0.25, 0.3) is 0 Å². The first kappa shape index (κ1) is 14.8. The molecule has 0 aromatic rings. The quantitative estimate of drug-likeness (QED) is 0.725. The number of amides is 1. The summed E-state index contributed by atoms with van der Waals surface area (Å²) in [7, 11) is 0. The van der Waals surface area contributed by atoms with E-state index in [-0.39, 0.29) is 24.1 Å². The van der Waals surface area contributed by atoms with E-state index in [0.717, 1.165) is 38.6 Å². The van der Waals surface area contributed by atoms with Crippen LogP contribution in [0.2, 0.25) is 0 Å². The van der Waals surface area contributed by atoms with Crippen LogP contribution in [-0.2, 0) is 4.79 Å². The third-order valence-electron chi connectivity index (χ3n) is 4.76. The minimum absolute atomic E-state index is 0.0609. The molecule has 2 aliphatic rings. The van der Waals surface area contributed by atoms with Gasteiger partial charge in [-0.25, -0.2) is 0 Å². The van der Waals surface area contributed by atoms with Gasteiger partial charge in [0.15, 0.2) is 0 Å². The summed E-state index contributed by atoms with van der Waals surface area (Å²) in [6.07, 6.45) is 6.15. The Bertz CT molecular complexity index is 321. The van der Waals surface area contributed by atoms with Crippen LogP contribution in [-0.4, -0.2) is 35.7 Å². The highest BCUT2D eigenvalue weighted by Gasteiger charge is 2.37. The fourth-order valence-electron chi connectivity index (χ4n) is 3.61. The summed E-state index contributed by atoms with van der Waals surface area (Å²) in [5, 5.41) is 16.2. The van der Waals surface area contributed by atoms with Crippen molar-refractivity contribution in [3.63, 3.8) is 0 Å². The number of nitrogens with one attached hydrogen (secondary N) is 2. The zero-order valence-electron chi connectivity index (χ0n) is 12.2. The molecule has 110 valence electrons. The molecule has 0 radical (unpaired) electrons. The molecule has 0 spiro atoms. The Morgan fingerprint density at radius 2 is 2.16 bits per heavy atom. The fraction of sp³-hybridized carbons (Fsp3) is 0.933. The summed E-state index contributed by atoms with van der Waals surface area (Å²) >= 11 is 0. The van der Waals surface area contributed by atoms with Gasteiger partial charge >= 0.3 is 0 Å². The third-order valence-corrected chi connectivity index (χ3v) is 4.76. The second kappa shape index (κ2) is 6.23. The van der Waals surface area contributed by atoms with Gasteiger partial charge in [-0.1, -0.05) is 26.7 Å². The average Bonchev–Trinajstić information content (AvgIpc) is 2.38. The van der Waals surface area contributed by atoms with E-state index >= 15 is 0 Å². The number of rotatable bonds is 3. The van der Waals surface area contributed by atoms with E-state index in [0.29, 0.717) is 11.8 Å². The average molecular weight is 268 g/mol. The Kier molecular flexibility index (Phi) is 4.85. The summed E-state index contributed by atoms with van der Waals surface area (Å²) in [6.45, 7) is 5.38. The molecule has 1 aliphatic heterocycles. The van der Waals surface area contributed by atoms with Crippen molar-refractivity contribution in [2.75, 3.05) is 13.2 Å². The monoisotopic (exact) mass is 268 g/mol. The number of hydrogen-bond acceptors (Lipinski definition) is 3. The van der Waals surface area contributed by atoms with E-state index in [4.69, 9.17) is 0 Å². The molecule has 0 bridgehead atoms. The molecule has 1 heterocycles. The largest absolute Gasteiger partial charge is 0.394 e. The van der Waals surface area contributed by atoms with Crippen LogP contribution in [0.4, 0.5) is 0 Å². The summed E-state index contributed by atoms with van der Waals surface area (Å²) in [6, 6.07) is -0.0793. The van der Waals surface area contributed by atoms with Crippen LogP contribution in [0.1, 0.15) is 52.4 Å². The predicted octanol–water partition coefficient (Wildman–Crippen LogP) is 1.43. The van der Waals surface area contributed by atoms with Gasteiger partial charge < -0.3 is 15.7 Å². The maximum atomic E-state index is 12.4. The lowest BCUT2D eigenvalue weighted by Gasteiger charge is -2.41. The van der Waals surface area contributed by atoms with Crippen molar-refractivity contribution in [2.45, 2.75) is 64.0 Å². The van der Waals surface area contributed by atoms with Gasteiger partial charge in [-0.2, -0.15) is 0 Å². The lowest BCUT2D eigenvalue weighted by Crippen LogP contribution is -2.59. The van der Waals surface area contributed by atoms with Gasteiger partial charge in [0.2, 0.25) is 5.91 Å². The molecular weight excluding hydrogens is 240 g/mol. The Labute approximate surface area is 116 Å². The SMILES string of the molecule is CC1CCNC(C(=O)NC2(CO)CCCC(C)C2)C1. The second-order valence-corrected chi connectivity index (χ2v) is 6.77. The molecule has 4 unspecified atom stereocenters. The summed E-state index contributed by atoms with van der Waals surface area (Å²) in [5.74, 6) is 1.27. The molecule has 4 nitrogen and oxygen atoms in total. The van der Waals surface area contributed by atoms with E-state index in [1.54, 1.807) is 0 Å². The number of aliphatic hydroxyl groups excluding tert-OH is 1. The van der Waals surface area contributed by atoms with Crippen molar-refractivity contribution < 1.29 is 9.90 Å². The maximum Gasteiger partial charge on any atom is 0.237 e. The molecule has 4 atom stereocenters. The molecule has 19 heavy (non-hydrogen) atoms. The normalized spacial score (nSPS) is 39.8. The first-order chi connectivity index (χ1) is 9.04. The number of carbonyl (C=O) groups is 1. The molecule has 2 rings (SSSR count). The molecular formula is C15H28N2O2. The van der Waals surface area contributed by atoms with Crippen LogP contribution >= 0.6 is 0 Å². The summed E-state index contributed by atoms with van der Waals surface area (Å²) < 4.78 is 0. The van der Waals surface area contributed by atoms with Crippen LogP contribution in [0.25, 0.3) is 0 Å². The van der Waals surface area contributed by atoms with Gasteiger partial charge in [-0.15, -0.1) is 0 Å². The highest BCUT2D eigenvalue weighted by Crippen LogP contribution is 2.32. The lowest BCUT2D eigenvalue weighted by atomic mass is 9.76. The first-order valence-electron chi connectivity index (χ1n) is 7.71. The zero-order chi connectivity index (χ0) is 13.9. The Morgan fingerprint density at radius 1 is 1.37 bits per heavy atom. The van der Waals surface area contributed by atoms with Gasteiger partial charge in [0.1, 0.15) is 0 Å². The molecule has 1 amide bonds.